The maximum Gasteiger partial charge on any atom is 0.183 e. The maximum absolute atomic E-state index is 10.1. The first-order valence-corrected chi connectivity index (χ1v) is 7.69. The van der Waals surface area contributed by atoms with E-state index in [1.165, 1.54) is 0 Å². The first-order valence-electron chi connectivity index (χ1n) is 6.88. The molecule has 5 heteroatoms. The van der Waals surface area contributed by atoms with E-state index in [1.807, 2.05) is 36.5 Å². The monoisotopic (exact) mass is 312 g/mol. The van der Waals surface area contributed by atoms with Crippen LogP contribution in [0.5, 0.6) is 11.5 Å². The summed E-state index contributed by atoms with van der Waals surface area (Å²) in [5.41, 5.74) is 1.92. The van der Waals surface area contributed by atoms with Gasteiger partial charge in [0.05, 0.1) is 12.0 Å². The molecule has 0 atom stereocenters. The van der Waals surface area contributed by atoms with Crippen molar-refractivity contribution in [2.45, 2.75) is 6.54 Å². The van der Waals surface area contributed by atoms with Crippen molar-refractivity contribution in [2.24, 2.45) is 0 Å². The second-order valence-electron chi connectivity index (χ2n) is 4.72. The Balaban J connectivity index is 1.72. The van der Waals surface area contributed by atoms with Gasteiger partial charge in [-0.25, -0.2) is 4.98 Å². The van der Waals surface area contributed by atoms with Gasteiger partial charge in [-0.15, -0.1) is 0 Å². The van der Waals surface area contributed by atoms with E-state index in [-0.39, 0.29) is 5.75 Å². The number of hydrogen-bond donors (Lipinski definition) is 2. The van der Waals surface area contributed by atoms with Gasteiger partial charge in [0.15, 0.2) is 16.6 Å². The molecule has 2 aromatic carbocycles. The van der Waals surface area contributed by atoms with E-state index in [2.05, 4.69) is 22.4 Å². The van der Waals surface area contributed by atoms with Gasteiger partial charge in [0.2, 0.25) is 0 Å². The predicted molar refractivity (Wildman–Crippen MR) is 89.5 cm³/mol. The molecule has 0 saturated carbocycles. The molecule has 3 aromatic rings. The highest BCUT2D eigenvalue weighted by molar-refractivity contribution is 7.18. The van der Waals surface area contributed by atoms with E-state index in [4.69, 9.17) is 4.74 Å². The van der Waals surface area contributed by atoms with Crippen LogP contribution in [0.3, 0.4) is 0 Å². The normalized spacial score (nSPS) is 10.4. The van der Waals surface area contributed by atoms with Crippen molar-refractivity contribution >= 4 is 16.5 Å². The van der Waals surface area contributed by atoms with Crippen LogP contribution in [0.4, 0.5) is 5.13 Å². The van der Waals surface area contributed by atoms with Crippen molar-refractivity contribution in [1.82, 2.24) is 4.98 Å². The summed E-state index contributed by atoms with van der Waals surface area (Å²) >= 11 is 1.59. The highest BCUT2D eigenvalue weighted by Crippen LogP contribution is 2.32. The lowest BCUT2D eigenvalue weighted by atomic mass is 10.2. The Bertz CT molecular complexity index is 756. The molecule has 0 unspecified atom stereocenters. The van der Waals surface area contributed by atoms with Gasteiger partial charge in [-0.1, -0.05) is 53.8 Å². The number of hydrogen-bond acceptors (Lipinski definition) is 5. The first kappa shape index (κ1) is 14.4. The summed E-state index contributed by atoms with van der Waals surface area (Å²) in [5, 5.41) is 14.1. The van der Waals surface area contributed by atoms with Crippen molar-refractivity contribution in [3.8, 4) is 21.9 Å². The number of nitrogens with zero attached hydrogens (tertiary/aromatic N) is 1. The summed E-state index contributed by atoms with van der Waals surface area (Å²) in [6.07, 6.45) is 1.85. The topological polar surface area (TPSA) is 54.4 Å². The van der Waals surface area contributed by atoms with E-state index in [0.717, 1.165) is 21.1 Å². The average molecular weight is 312 g/mol. The van der Waals surface area contributed by atoms with Crippen LogP contribution in [0, 0.1) is 0 Å². The largest absolute Gasteiger partial charge is 0.504 e. The minimum atomic E-state index is 0.164. The van der Waals surface area contributed by atoms with Crippen molar-refractivity contribution < 1.29 is 9.84 Å². The summed E-state index contributed by atoms with van der Waals surface area (Å²) in [5.74, 6) is 0.640. The maximum atomic E-state index is 10.1. The van der Waals surface area contributed by atoms with Crippen LogP contribution in [-0.2, 0) is 6.54 Å². The molecule has 0 fully saturated rings. The molecule has 1 aromatic heterocycles. The SMILES string of the molecule is COc1cccc(CNc2ncc(-c3ccccc3)s2)c1O. The molecule has 0 bridgehead atoms. The third kappa shape index (κ3) is 3.04. The molecule has 3 rings (SSSR count). The summed E-state index contributed by atoms with van der Waals surface area (Å²) in [4.78, 5) is 5.48. The fourth-order valence-electron chi connectivity index (χ4n) is 2.14. The lowest BCUT2D eigenvalue weighted by Crippen LogP contribution is -1.99. The lowest BCUT2D eigenvalue weighted by molar-refractivity contribution is 0.371. The summed E-state index contributed by atoms with van der Waals surface area (Å²) in [7, 11) is 1.54. The molecular weight excluding hydrogens is 296 g/mol. The summed E-state index contributed by atoms with van der Waals surface area (Å²) < 4.78 is 5.11. The van der Waals surface area contributed by atoms with Gasteiger partial charge in [0.1, 0.15) is 0 Å². The van der Waals surface area contributed by atoms with Gasteiger partial charge < -0.3 is 15.2 Å². The van der Waals surface area contributed by atoms with Gasteiger partial charge >= 0.3 is 0 Å². The molecule has 0 aliphatic rings. The minimum Gasteiger partial charge on any atom is -0.504 e. The Morgan fingerprint density at radius 1 is 1.14 bits per heavy atom. The first-order chi connectivity index (χ1) is 10.8. The average Bonchev–Trinajstić information content (AvgIpc) is 3.04. The number of benzene rings is 2. The number of ether oxygens (including phenoxy) is 1. The summed E-state index contributed by atoms with van der Waals surface area (Å²) in [6, 6.07) is 15.6. The number of nitrogens with one attached hydrogen (secondary N) is 1. The van der Waals surface area contributed by atoms with Crippen molar-refractivity contribution in [3.63, 3.8) is 0 Å². The van der Waals surface area contributed by atoms with E-state index >= 15 is 0 Å². The van der Waals surface area contributed by atoms with E-state index < -0.39 is 0 Å². The molecule has 0 radical (unpaired) electrons. The van der Waals surface area contributed by atoms with Gasteiger partial charge in [0, 0.05) is 18.3 Å². The van der Waals surface area contributed by atoms with Crippen LogP contribution in [0.15, 0.2) is 54.7 Å². The zero-order valence-corrected chi connectivity index (χ0v) is 12.9. The Morgan fingerprint density at radius 3 is 2.73 bits per heavy atom. The number of phenols is 1. The minimum absolute atomic E-state index is 0.164. The number of anilines is 1. The van der Waals surface area contributed by atoms with Gasteiger partial charge in [-0.05, 0) is 11.6 Å². The zero-order chi connectivity index (χ0) is 15.4. The van der Waals surface area contributed by atoms with Gasteiger partial charge in [-0.2, -0.15) is 0 Å². The van der Waals surface area contributed by atoms with Crippen molar-refractivity contribution in [1.29, 1.82) is 0 Å². The number of methoxy groups -OCH3 is 1. The molecule has 0 spiro atoms. The van der Waals surface area contributed by atoms with Crippen LogP contribution >= 0.6 is 11.3 Å². The molecule has 22 heavy (non-hydrogen) atoms. The number of aromatic nitrogens is 1. The van der Waals surface area contributed by atoms with Crippen molar-refractivity contribution in [3.05, 3.63) is 60.3 Å². The van der Waals surface area contributed by atoms with E-state index in [1.54, 1.807) is 24.5 Å². The molecule has 1 heterocycles. The second-order valence-corrected chi connectivity index (χ2v) is 5.75. The second kappa shape index (κ2) is 6.49. The quantitative estimate of drug-likeness (QED) is 0.743. The Kier molecular flexibility index (Phi) is 4.25. The van der Waals surface area contributed by atoms with E-state index in [9.17, 15) is 5.11 Å². The van der Waals surface area contributed by atoms with Crippen LogP contribution in [0.25, 0.3) is 10.4 Å². The van der Waals surface area contributed by atoms with Gasteiger partial charge in [-0.3, -0.25) is 0 Å². The number of para-hydroxylation sites is 1. The fourth-order valence-corrected chi connectivity index (χ4v) is 2.96. The number of rotatable bonds is 5. The van der Waals surface area contributed by atoms with Crippen LogP contribution in [-0.4, -0.2) is 17.2 Å². The Hall–Kier alpha value is -2.53. The molecular formula is C17H16N2O2S. The summed E-state index contributed by atoms with van der Waals surface area (Å²) in [6.45, 7) is 0.491. The molecule has 0 saturated heterocycles. The highest BCUT2D eigenvalue weighted by atomic mass is 32.1. The van der Waals surface area contributed by atoms with Crippen LogP contribution < -0.4 is 10.1 Å². The molecule has 0 aliphatic carbocycles. The molecule has 112 valence electrons. The molecule has 2 N–H and O–H groups in total. The third-order valence-corrected chi connectivity index (χ3v) is 4.30. The third-order valence-electron chi connectivity index (χ3n) is 3.30. The standard InChI is InChI=1S/C17H16N2O2S/c1-21-14-9-5-8-13(16(14)20)10-18-17-19-11-15(22-17)12-6-3-2-4-7-12/h2-9,11,20H,10H2,1H3,(H,18,19). The van der Waals surface area contributed by atoms with Crippen molar-refractivity contribution in [2.75, 3.05) is 12.4 Å². The number of aromatic hydroxyl groups is 1. The highest BCUT2D eigenvalue weighted by Gasteiger charge is 2.08. The van der Waals surface area contributed by atoms with Crippen LogP contribution in [0.2, 0.25) is 0 Å². The Morgan fingerprint density at radius 2 is 1.95 bits per heavy atom. The predicted octanol–water partition coefficient (Wildman–Crippen LogP) is 4.14. The van der Waals surface area contributed by atoms with E-state index in [0.29, 0.717) is 12.3 Å². The lowest BCUT2D eigenvalue weighted by Gasteiger charge is -2.09. The van der Waals surface area contributed by atoms with Crippen LogP contribution in [0.1, 0.15) is 5.56 Å². The molecule has 0 aliphatic heterocycles. The zero-order valence-electron chi connectivity index (χ0n) is 12.1. The fraction of sp³-hybridized carbons (Fsp3) is 0.118. The smallest absolute Gasteiger partial charge is 0.183 e. The molecule has 4 nitrogen and oxygen atoms in total. The number of thiazole rings is 1. The molecule has 0 amide bonds. The number of phenolic OH excluding ortho intramolecular Hbond substituents is 1. The Labute approximate surface area is 133 Å². The van der Waals surface area contributed by atoms with Gasteiger partial charge in [0.25, 0.3) is 0 Å².